The summed E-state index contributed by atoms with van der Waals surface area (Å²) in [6.45, 7) is 5.56. The van der Waals surface area contributed by atoms with E-state index in [9.17, 15) is 19.8 Å². The average molecular weight is 352 g/mol. The van der Waals surface area contributed by atoms with Crippen molar-refractivity contribution in [3.63, 3.8) is 0 Å². The maximum Gasteiger partial charge on any atom is 0.343 e. The predicted molar refractivity (Wildman–Crippen MR) is 98.9 cm³/mol. The third-order valence-corrected chi connectivity index (χ3v) is 4.82. The van der Waals surface area contributed by atoms with Gasteiger partial charge in [-0.15, -0.1) is 0 Å². The van der Waals surface area contributed by atoms with Gasteiger partial charge in [0.2, 0.25) is 0 Å². The van der Waals surface area contributed by atoms with E-state index in [1.807, 2.05) is 26.8 Å². The Balaban J connectivity index is 2.36. The first kappa shape index (κ1) is 17.7. The molecule has 1 heterocycles. The van der Waals surface area contributed by atoms with Crippen molar-refractivity contribution < 1.29 is 19.4 Å². The molecular formula is C21H20O5. The lowest BCUT2D eigenvalue weighted by Gasteiger charge is -2.18. The molecule has 0 aliphatic rings. The van der Waals surface area contributed by atoms with E-state index >= 15 is 0 Å². The number of fused-ring (bicyclic) bond motifs is 1. The molecule has 2 N–H and O–H groups in total. The van der Waals surface area contributed by atoms with Gasteiger partial charge in [-0.25, -0.2) is 4.79 Å². The Kier molecular flexibility index (Phi) is 4.55. The van der Waals surface area contributed by atoms with Crippen LogP contribution in [0, 0.1) is 20.8 Å². The third-order valence-electron chi connectivity index (χ3n) is 4.82. The molecule has 3 rings (SSSR count). The van der Waals surface area contributed by atoms with Crippen LogP contribution in [-0.4, -0.2) is 16.2 Å². The Labute approximate surface area is 150 Å². The van der Waals surface area contributed by atoms with Gasteiger partial charge in [-0.2, -0.15) is 0 Å². The highest BCUT2D eigenvalue weighted by atomic mass is 16.4. The van der Waals surface area contributed by atoms with Gasteiger partial charge in [0, 0.05) is 5.92 Å². The second-order valence-electron chi connectivity index (χ2n) is 6.55. The summed E-state index contributed by atoms with van der Waals surface area (Å²) < 4.78 is 5.54. The number of carbonyl (C=O) groups is 1. The molecule has 0 aliphatic heterocycles. The van der Waals surface area contributed by atoms with Crippen LogP contribution in [0.1, 0.15) is 40.2 Å². The van der Waals surface area contributed by atoms with Crippen LogP contribution in [0.3, 0.4) is 0 Å². The number of aryl methyl sites for hydroxylation is 3. The van der Waals surface area contributed by atoms with Crippen LogP contribution in [0.4, 0.5) is 0 Å². The van der Waals surface area contributed by atoms with E-state index in [0.717, 1.165) is 16.7 Å². The van der Waals surface area contributed by atoms with Crippen molar-refractivity contribution in [1.82, 2.24) is 0 Å². The lowest BCUT2D eigenvalue weighted by molar-refractivity contribution is -0.137. The molecule has 1 atom stereocenters. The molecule has 3 aromatic rings. The van der Waals surface area contributed by atoms with Gasteiger partial charge in [0.15, 0.2) is 0 Å². The minimum Gasteiger partial charge on any atom is -0.507 e. The summed E-state index contributed by atoms with van der Waals surface area (Å²) in [5, 5.41) is 20.7. The van der Waals surface area contributed by atoms with E-state index in [-0.39, 0.29) is 17.7 Å². The molecule has 0 unspecified atom stereocenters. The monoisotopic (exact) mass is 352 g/mol. The topological polar surface area (TPSA) is 87.7 Å². The molecule has 0 aliphatic carbocycles. The minimum absolute atomic E-state index is 0.0162. The van der Waals surface area contributed by atoms with Crippen molar-refractivity contribution in [3.8, 4) is 5.75 Å². The van der Waals surface area contributed by atoms with E-state index in [4.69, 9.17) is 4.42 Å². The molecule has 26 heavy (non-hydrogen) atoms. The smallest absolute Gasteiger partial charge is 0.343 e. The number of hydrogen-bond acceptors (Lipinski definition) is 4. The summed E-state index contributed by atoms with van der Waals surface area (Å²) in [5.41, 5.74) is 2.76. The van der Waals surface area contributed by atoms with Crippen LogP contribution >= 0.6 is 0 Å². The molecule has 0 bridgehead atoms. The lowest BCUT2D eigenvalue weighted by Crippen LogP contribution is -2.17. The highest BCUT2D eigenvalue weighted by Crippen LogP contribution is 2.38. The number of benzene rings is 2. The zero-order valence-electron chi connectivity index (χ0n) is 14.9. The molecular weight excluding hydrogens is 332 g/mol. The number of rotatable bonds is 4. The first-order valence-corrected chi connectivity index (χ1v) is 8.34. The number of aromatic hydroxyl groups is 1. The minimum atomic E-state index is -1.06. The molecule has 0 amide bonds. The van der Waals surface area contributed by atoms with E-state index in [1.54, 1.807) is 30.3 Å². The van der Waals surface area contributed by atoms with Crippen molar-refractivity contribution in [2.45, 2.75) is 33.1 Å². The molecule has 5 heteroatoms. The SMILES string of the molecule is Cc1cc(C)c2c(O)c([C@H](CC(=O)O)c3ccccc3)c(=O)oc2c1C. The van der Waals surface area contributed by atoms with E-state index in [0.29, 0.717) is 16.5 Å². The summed E-state index contributed by atoms with van der Waals surface area (Å²) in [6, 6.07) is 10.7. The van der Waals surface area contributed by atoms with E-state index < -0.39 is 17.5 Å². The van der Waals surface area contributed by atoms with Crippen LogP contribution in [0.5, 0.6) is 5.75 Å². The summed E-state index contributed by atoms with van der Waals surface area (Å²) in [4.78, 5) is 24.1. The summed E-state index contributed by atoms with van der Waals surface area (Å²) in [5.74, 6) is -2.06. The number of hydrogen-bond donors (Lipinski definition) is 2. The summed E-state index contributed by atoms with van der Waals surface area (Å²) in [7, 11) is 0. The quantitative estimate of drug-likeness (QED) is 0.692. The fourth-order valence-electron chi connectivity index (χ4n) is 3.41. The third kappa shape index (κ3) is 2.96. The zero-order chi connectivity index (χ0) is 19.0. The molecule has 0 saturated carbocycles. The molecule has 0 fully saturated rings. The molecule has 5 nitrogen and oxygen atoms in total. The first-order valence-electron chi connectivity index (χ1n) is 8.34. The highest BCUT2D eigenvalue weighted by Gasteiger charge is 2.28. The molecule has 134 valence electrons. The first-order chi connectivity index (χ1) is 12.3. The van der Waals surface area contributed by atoms with Gasteiger partial charge in [0.25, 0.3) is 0 Å². The van der Waals surface area contributed by atoms with Gasteiger partial charge < -0.3 is 14.6 Å². The highest BCUT2D eigenvalue weighted by molar-refractivity contribution is 5.90. The number of aliphatic carboxylic acids is 1. The van der Waals surface area contributed by atoms with Crippen molar-refractivity contribution in [2.24, 2.45) is 0 Å². The van der Waals surface area contributed by atoms with Gasteiger partial charge in [-0.1, -0.05) is 36.4 Å². The van der Waals surface area contributed by atoms with Gasteiger partial charge in [0.1, 0.15) is 11.3 Å². The van der Waals surface area contributed by atoms with Crippen molar-refractivity contribution in [1.29, 1.82) is 0 Å². The van der Waals surface area contributed by atoms with Crippen LogP contribution in [-0.2, 0) is 4.79 Å². The van der Waals surface area contributed by atoms with Crippen molar-refractivity contribution >= 4 is 16.9 Å². The Hall–Kier alpha value is -3.08. The van der Waals surface area contributed by atoms with Crippen LogP contribution in [0.15, 0.2) is 45.6 Å². The molecule has 0 radical (unpaired) electrons. The molecule has 2 aromatic carbocycles. The molecule has 0 saturated heterocycles. The number of carboxylic acids is 1. The lowest BCUT2D eigenvalue weighted by atomic mass is 9.87. The largest absolute Gasteiger partial charge is 0.507 e. The Morgan fingerprint density at radius 1 is 1.12 bits per heavy atom. The average Bonchev–Trinajstić information content (AvgIpc) is 2.58. The number of carboxylic acid groups (broad SMARTS) is 1. The maximum absolute atomic E-state index is 12.7. The standard InChI is InChI=1S/C21H20O5/c1-11-9-12(2)17-19(24)18(21(25)26-20(17)13(11)3)15(10-16(22)23)14-7-5-4-6-8-14/h4-9,15,24H,10H2,1-3H3,(H,22,23)/t15-/m1/s1. The van der Waals surface area contributed by atoms with Gasteiger partial charge in [-0.05, 0) is 43.0 Å². The molecule has 1 aromatic heterocycles. The van der Waals surface area contributed by atoms with Gasteiger partial charge in [0.05, 0.1) is 17.4 Å². The fourth-order valence-corrected chi connectivity index (χ4v) is 3.41. The summed E-state index contributed by atoms with van der Waals surface area (Å²) >= 11 is 0. The van der Waals surface area contributed by atoms with E-state index in [1.165, 1.54) is 0 Å². The molecule has 0 spiro atoms. The Morgan fingerprint density at radius 3 is 2.38 bits per heavy atom. The zero-order valence-corrected chi connectivity index (χ0v) is 14.9. The van der Waals surface area contributed by atoms with Gasteiger partial charge in [-0.3, -0.25) is 4.79 Å². The van der Waals surface area contributed by atoms with Gasteiger partial charge >= 0.3 is 11.6 Å². The van der Waals surface area contributed by atoms with Crippen LogP contribution in [0.25, 0.3) is 11.0 Å². The Bertz CT molecular complexity index is 1050. The fraction of sp³-hybridized carbons (Fsp3) is 0.238. The van der Waals surface area contributed by atoms with Crippen molar-refractivity contribution in [2.75, 3.05) is 0 Å². The second-order valence-corrected chi connectivity index (χ2v) is 6.55. The van der Waals surface area contributed by atoms with Crippen molar-refractivity contribution in [3.05, 3.63) is 74.6 Å². The Morgan fingerprint density at radius 2 is 1.77 bits per heavy atom. The van der Waals surface area contributed by atoms with E-state index in [2.05, 4.69) is 0 Å². The normalized spacial score (nSPS) is 12.3. The summed E-state index contributed by atoms with van der Waals surface area (Å²) in [6.07, 6.45) is -0.322. The predicted octanol–water partition coefficient (Wildman–Crippen LogP) is 4.03. The maximum atomic E-state index is 12.7. The van der Waals surface area contributed by atoms with Crippen LogP contribution < -0.4 is 5.63 Å². The van der Waals surface area contributed by atoms with Crippen LogP contribution in [0.2, 0.25) is 0 Å². The second kappa shape index (κ2) is 6.67.